The fourth-order valence-corrected chi connectivity index (χ4v) is 0.735. The second kappa shape index (κ2) is 2.52. The molecule has 0 amide bonds. The van der Waals surface area contributed by atoms with Crippen molar-refractivity contribution in [1.29, 1.82) is 0 Å². The number of Topliss-reactive ketones (excluding diaryl/α,β-unsaturated/α-hetero) is 1. The summed E-state index contributed by atoms with van der Waals surface area (Å²) in [4.78, 5) is 10.6. The zero-order chi connectivity index (χ0) is 7.56. The molecule has 0 atom stereocenters. The summed E-state index contributed by atoms with van der Waals surface area (Å²) in [6.45, 7) is 1.34. The van der Waals surface area contributed by atoms with Crippen LogP contribution in [0.5, 0.6) is 0 Å². The average Bonchev–Trinajstić information content (AvgIpc) is 2.36. The van der Waals surface area contributed by atoms with Crippen molar-refractivity contribution in [2.24, 2.45) is 0 Å². The number of aliphatic hydroxyl groups excluding tert-OH is 1. The Labute approximate surface area is 59.2 Å². The van der Waals surface area contributed by atoms with Gasteiger partial charge in [0.2, 0.25) is 0 Å². The highest BCUT2D eigenvalue weighted by Gasteiger charge is 2.05. The van der Waals surface area contributed by atoms with E-state index in [2.05, 4.69) is 0 Å². The molecule has 0 aromatic rings. The van der Waals surface area contributed by atoms with E-state index in [4.69, 9.17) is 5.11 Å². The highest BCUT2D eigenvalue weighted by molar-refractivity contribution is 5.92. The van der Waals surface area contributed by atoms with Crippen LogP contribution in [0, 0.1) is 0 Å². The van der Waals surface area contributed by atoms with Gasteiger partial charge < -0.3 is 5.11 Å². The standard InChI is InChI=1S/C8H8O2/c1-6(9)8(10)7-4-2-3-5-7/h2-5,10H,1H3. The van der Waals surface area contributed by atoms with Crippen molar-refractivity contribution in [3.8, 4) is 0 Å². The number of allylic oxidation sites excluding steroid dienone is 6. The van der Waals surface area contributed by atoms with Gasteiger partial charge >= 0.3 is 0 Å². The number of carbonyl (C=O) groups excluding carboxylic acids is 1. The first-order valence-corrected chi connectivity index (χ1v) is 3.01. The molecule has 1 aliphatic carbocycles. The number of aliphatic hydroxyl groups is 1. The minimum atomic E-state index is -0.300. The van der Waals surface area contributed by atoms with Gasteiger partial charge in [-0.05, 0) is 0 Å². The van der Waals surface area contributed by atoms with Crippen LogP contribution in [0.4, 0.5) is 0 Å². The second-order valence-corrected chi connectivity index (χ2v) is 2.08. The number of hydrogen-bond acceptors (Lipinski definition) is 2. The molecule has 10 heavy (non-hydrogen) atoms. The van der Waals surface area contributed by atoms with Gasteiger partial charge in [-0.1, -0.05) is 24.3 Å². The van der Waals surface area contributed by atoms with Crippen molar-refractivity contribution in [1.82, 2.24) is 0 Å². The van der Waals surface area contributed by atoms with Crippen molar-refractivity contribution in [2.45, 2.75) is 6.92 Å². The molecule has 0 bridgehead atoms. The third-order valence-corrected chi connectivity index (χ3v) is 1.27. The van der Waals surface area contributed by atoms with Gasteiger partial charge in [0, 0.05) is 12.5 Å². The van der Waals surface area contributed by atoms with Crippen LogP contribution >= 0.6 is 0 Å². The van der Waals surface area contributed by atoms with Gasteiger partial charge in [-0.15, -0.1) is 0 Å². The molecule has 0 fully saturated rings. The van der Waals surface area contributed by atoms with Crippen molar-refractivity contribution in [3.63, 3.8) is 0 Å². The lowest BCUT2D eigenvalue weighted by Crippen LogP contribution is -1.96. The predicted molar refractivity (Wildman–Crippen MR) is 38.6 cm³/mol. The second-order valence-electron chi connectivity index (χ2n) is 2.08. The molecule has 0 heterocycles. The molecule has 0 spiro atoms. The van der Waals surface area contributed by atoms with E-state index in [1.54, 1.807) is 24.3 Å². The summed E-state index contributed by atoms with van der Waals surface area (Å²) in [6.07, 6.45) is 6.93. The van der Waals surface area contributed by atoms with E-state index >= 15 is 0 Å². The maximum atomic E-state index is 10.6. The summed E-state index contributed by atoms with van der Waals surface area (Å²) in [5.41, 5.74) is 0.590. The maximum Gasteiger partial charge on any atom is 0.194 e. The van der Waals surface area contributed by atoms with Gasteiger partial charge in [-0.3, -0.25) is 4.79 Å². The molecular weight excluding hydrogens is 128 g/mol. The van der Waals surface area contributed by atoms with Crippen LogP contribution in [-0.4, -0.2) is 10.9 Å². The number of rotatable bonds is 1. The van der Waals surface area contributed by atoms with Crippen LogP contribution in [0.15, 0.2) is 35.6 Å². The molecule has 52 valence electrons. The summed E-state index contributed by atoms with van der Waals surface area (Å²) >= 11 is 0. The summed E-state index contributed by atoms with van der Waals surface area (Å²) in [6, 6.07) is 0. The number of hydrogen-bond donors (Lipinski definition) is 1. The molecule has 0 aromatic carbocycles. The summed E-state index contributed by atoms with van der Waals surface area (Å²) in [7, 11) is 0. The molecule has 0 unspecified atom stereocenters. The van der Waals surface area contributed by atoms with Gasteiger partial charge in [-0.2, -0.15) is 0 Å². The van der Waals surface area contributed by atoms with Crippen LogP contribution in [0.2, 0.25) is 0 Å². The summed E-state index contributed by atoms with van der Waals surface area (Å²) < 4.78 is 0. The Balaban J connectivity index is 2.96. The molecule has 2 nitrogen and oxygen atoms in total. The maximum absolute atomic E-state index is 10.6. The lowest BCUT2D eigenvalue weighted by molar-refractivity contribution is -0.116. The van der Waals surface area contributed by atoms with Crippen LogP contribution in [0.25, 0.3) is 0 Å². The van der Waals surface area contributed by atoms with Crippen molar-refractivity contribution < 1.29 is 9.90 Å². The molecule has 0 saturated carbocycles. The van der Waals surface area contributed by atoms with Crippen LogP contribution in [0.3, 0.4) is 0 Å². The summed E-state index contributed by atoms with van der Waals surface area (Å²) in [5, 5.41) is 9.05. The quantitative estimate of drug-likeness (QED) is 0.438. The summed E-state index contributed by atoms with van der Waals surface area (Å²) in [5.74, 6) is -0.462. The van der Waals surface area contributed by atoms with E-state index in [0.29, 0.717) is 5.57 Å². The Morgan fingerprint density at radius 1 is 1.40 bits per heavy atom. The average molecular weight is 136 g/mol. The first-order valence-electron chi connectivity index (χ1n) is 3.01. The van der Waals surface area contributed by atoms with Gasteiger partial charge in [-0.25, -0.2) is 0 Å². The first-order chi connectivity index (χ1) is 4.72. The Morgan fingerprint density at radius 2 is 1.90 bits per heavy atom. The SMILES string of the molecule is CC(=O)C(O)=C1C=CC=C1. The molecule has 0 radical (unpaired) electrons. The van der Waals surface area contributed by atoms with E-state index in [0.717, 1.165) is 0 Å². The van der Waals surface area contributed by atoms with E-state index in [1.807, 2.05) is 0 Å². The van der Waals surface area contributed by atoms with Gasteiger partial charge in [0.05, 0.1) is 0 Å². The van der Waals surface area contributed by atoms with Crippen LogP contribution in [0.1, 0.15) is 6.92 Å². The Morgan fingerprint density at radius 3 is 2.30 bits per heavy atom. The number of carbonyl (C=O) groups is 1. The molecule has 1 N–H and O–H groups in total. The van der Waals surface area contributed by atoms with Crippen molar-refractivity contribution in [3.05, 3.63) is 35.6 Å². The van der Waals surface area contributed by atoms with Crippen LogP contribution in [-0.2, 0) is 4.79 Å². The third kappa shape index (κ3) is 1.16. The Bertz CT molecular complexity index is 230. The fraction of sp³-hybridized carbons (Fsp3) is 0.125. The molecule has 1 aliphatic rings. The monoisotopic (exact) mass is 136 g/mol. The molecule has 2 heteroatoms. The topological polar surface area (TPSA) is 37.3 Å². The molecule has 1 rings (SSSR count). The van der Waals surface area contributed by atoms with Crippen LogP contribution < -0.4 is 0 Å². The molecular formula is C8H8O2. The van der Waals surface area contributed by atoms with Gasteiger partial charge in [0.1, 0.15) is 0 Å². The zero-order valence-corrected chi connectivity index (χ0v) is 5.66. The van der Waals surface area contributed by atoms with E-state index in [-0.39, 0.29) is 11.5 Å². The third-order valence-electron chi connectivity index (χ3n) is 1.27. The molecule has 0 aliphatic heterocycles. The normalized spacial score (nSPS) is 14.3. The Kier molecular flexibility index (Phi) is 1.71. The van der Waals surface area contributed by atoms with E-state index in [1.165, 1.54) is 6.92 Å². The highest BCUT2D eigenvalue weighted by Crippen LogP contribution is 2.11. The smallest absolute Gasteiger partial charge is 0.194 e. The van der Waals surface area contributed by atoms with E-state index in [9.17, 15) is 4.79 Å². The van der Waals surface area contributed by atoms with Crippen molar-refractivity contribution >= 4 is 5.78 Å². The minimum absolute atomic E-state index is 0.162. The predicted octanol–water partition coefficient (Wildman–Crippen LogP) is 1.51. The lowest BCUT2D eigenvalue weighted by atomic mass is 10.2. The lowest BCUT2D eigenvalue weighted by Gasteiger charge is -1.93. The Hall–Kier alpha value is -1.31. The van der Waals surface area contributed by atoms with E-state index < -0.39 is 0 Å². The molecule has 0 aromatic heterocycles. The number of ketones is 1. The first kappa shape index (κ1) is 6.81. The van der Waals surface area contributed by atoms with Crippen molar-refractivity contribution in [2.75, 3.05) is 0 Å². The van der Waals surface area contributed by atoms with Gasteiger partial charge in [0.25, 0.3) is 0 Å². The highest BCUT2D eigenvalue weighted by atomic mass is 16.3. The largest absolute Gasteiger partial charge is 0.504 e. The zero-order valence-electron chi connectivity index (χ0n) is 5.66. The van der Waals surface area contributed by atoms with Gasteiger partial charge in [0.15, 0.2) is 11.5 Å². The minimum Gasteiger partial charge on any atom is -0.504 e. The fourth-order valence-electron chi connectivity index (χ4n) is 0.735. The molecule has 0 saturated heterocycles.